The summed E-state index contributed by atoms with van der Waals surface area (Å²) in [6, 6.07) is 10.2. The van der Waals surface area contributed by atoms with E-state index in [1.807, 2.05) is 32.0 Å². The monoisotopic (exact) mass is 434 g/mol. The molecule has 0 radical (unpaired) electrons. The van der Waals surface area contributed by atoms with Crippen molar-refractivity contribution in [2.45, 2.75) is 26.4 Å². The van der Waals surface area contributed by atoms with Crippen LogP contribution in [0.1, 0.15) is 33.5 Å². The SMILES string of the molecule is Cc1ccc(OCCC(=O)N2CCN(C(=O)c3cccc(C(F)(F)F)c3)CC2)cc1C. The van der Waals surface area contributed by atoms with E-state index in [1.165, 1.54) is 22.6 Å². The molecular weight excluding hydrogens is 409 g/mol. The van der Waals surface area contributed by atoms with E-state index in [2.05, 4.69) is 0 Å². The maximum Gasteiger partial charge on any atom is 0.416 e. The van der Waals surface area contributed by atoms with Crippen molar-refractivity contribution in [2.24, 2.45) is 0 Å². The number of halogens is 3. The van der Waals surface area contributed by atoms with Gasteiger partial charge in [-0.2, -0.15) is 13.2 Å². The number of amides is 2. The van der Waals surface area contributed by atoms with E-state index in [-0.39, 0.29) is 37.6 Å². The summed E-state index contributed by atoms with van der Waals surface area (Å²) >= 11 is 0. The normalized spacial score (nSPS) is 14.5. The lowest BCUT2D eigenvalue weighted by Crippen LogP contribution is -2.50. The Labute approximate surface area is 179 Å². The van der Waals surface area contributed by atoms with Crippen molar-refractivity contribution in [2.75, 3.05) is 32.8 Å². The number of benzene rings is 2. The first-order valence-electron chi connectivity index (χ1n) is 10.1. The van der Waals surface area contributed by atoms with Gasteiger partial charge >= 0.3 is 6.18 Å². The van der Waals surface area contributed by atoms with Gasteiger partial charge in [-0.1, -0.05) is 12.1 Å². The standard InChI is InChI=1S/C23H25F3N2O3/c1-16-6-7-20(14-17(16)2)31-13-8-21(29)27-9-11-28(12-10-27)22(30)18-4-3-5-19(15-18)23(24,25)26/h3-7,14-15H,8-13H2,1-2H3. The van der Waals surface area contributed by atoms with Crippen molar-refractivity contribution >= 4 is 11.8 Å². The van der Waals surface area contributed by atoms with Crippen molar-refractivity contribution < 1.29 is 27.5 Å². The molecule has 1 aliphatic heterocycles. The minimum Gasteiger partial charge on any atom is -0.493 e. The van der Waals surface area contributed by atoms with Crippen LogP contribution in [0.2, 0.25) is 0 Å². The number of hydrogen-bond acceptors (Lipinski definition) is 3. The maximum absolute atomic E-state index is 12.9. The highest BCUT2D eigenvalue weighted by Crippen LogP contribution is 2.29. The van der Waals surface area contributed by atoms with Gasteiger partial charge in [-0.05, 0) is 55.3 Å². The smallest absolute Gasteiger partial charge is 0.416 e. The van der Waals surface area contributed by atoms with E-state index >= 15 is 0 Å². The topological polar surface area (TPSA) is 49.9 Å². The molecule has 1 heterocycles. The highest BCUT2D eigenvalue weighted by Gasteiger charge is 2.32. The fraction of sp³-hybridized carbons (Fsp3) is 0.391. The number of aryl methyl sites for hydroxylation is 2. The van der Waals surface area contributed by atoms with Gasteiger partial charge in [-0.25, -0.2) is 0 Å². The van der Waals surface area contributed by atoms with Crippen LogP contribution in [0.15, 0.2) is 42.5 Å². The third-order valence-electron chi connectivity index (χ3n) is 5.42. The van der Waals surface area contributed by atoms with E-state index in [0.29, 0.717) is 18.8 Å². The van der Waals surface area contributed by atoms with Gasteiger partial charge in [0.1, 0.15) is 5.75 Å². The predicted octanol–water partition coefficient (Wildman–Crippen LogP) is 4.08. The molecule has 31 heavy (non-hydrogen) atoms. The third kappa shape index (κ3) is 5.77. The molecule has 166 valence electrons. The molecule has 0 bridgehead atoms. The maximum atomic E-state index is 12.9. The molecule has 3 rings (SSSR count). The molecule has 0 aromatic heterocycles. The zero-order chi connectivity index (χ0) is 22.6. The number of carbonyl (C=O) groups is 2. The van der Waals surface area contributed by atoms with E-state index in [9.17, 15) is 22.8 Å². The second-order valence-electron chi connectivity index (χ2n) is 7.60. The summed E-state index contributed by atoms with van der Waals surface area (Å²) in [5, 5.41) is 0. The van der Waals surface area contributed by atoms with Gasteiger partial charge in [0.05, 0.1) is 18.6 Å². The molecule has 5 nitrogen and oxygen atoms in total. The third-order valence-corrected chi connectivity index (χ3v) is 5.42. The Balaban J connectivity index is 1.48. The Hall–Kier alpha value is -3.03. The molecule has 1 aliphatic rings. The lowest BCUT2D eigenvalue weighted by Gasteiger charge is -2.35. The lowest BCUT2D eigenvalue weighted by atomic mass is 10.1. The van der Waals surface area contributed by atoms with E-state index < -0.39 is 17.6 Å². The molecular formula is C23H25F3N2O3. The quantitative estimate of drug-likeness (QED) is 0.713. The molecule has 8 heteroatoms. The van der Waals surface area contributed by atoms with Gasteiger partial charge in [0, 0.05) is 31.7 Å². The number of nitrogens with zero attached hydrogens (tertiary/aromatic N) is 2. The van der Waals surface area contributed by atoms with Crippen LogP contribution in [-0.4, -0.2) is 54.4 Å². The Morgan fingerprint density at radius 2 is 1.61 bits per heavy atom. The first-order chi connectivity index (χ1) is 14.6. The van der Waals surface area contributed by atoms with Crippen LogP contribution in [0, 0.1) is 13.8 Å². The zero-order valence-corrected chi connectivity index (χ0v) is 17.5. The molecule has 2 amide bonds. The van der Waals surface area contributed by atoms with E-state index in [1.54, 1.807) is 4.90 Å². The van der Waals surface area contributed by atoms with Crippen molar-refractivity contribution in [3.8, 4) is 5.75 Å². The van der Waals surface area contributed by atoms with Crippen LogP contribution >= 0.6 is 0 Å². The van der Waals surface area contributed by atoms with Gasteiger partial charge in [0.25, 0.3) is 5.91 Å². The minimum atomic E-state index is -4.50. The summed E-state index contributed by atoms with van der Waals surface area (Å²) in [7, 11) is 0. The molecule has 0 atom stereocenters. The molecule has 0 unspecified atom stereocenters. The van der Waals surface area contributed by atoms with E-state index in [0.717, 1.165) is 17.7 Å². The molecule has 1 fully saturated rings. The Morgan fingerprint density at radius 1 is 0.935 bits per heavy atom. The summed E-state index contributed by atoms with van der Waals surface area (Å²) in [6.45, 7) is 5.50. The van der Waals surface area contributed by atoms with Gasteiger partial charge in [0.2, 0.25) is 5.91 Å². The number of alkyl halides is 3. The first-order valence-corrected chi connectivity index (χ1v) is 10.1. The predicted molar refractivity (Wildman–Crippen MR) is 110 cm³/mol. The largest absolute Gasteiger partial charge is 0.493 e. The molecule has 2 aromatic rings. The van der Waals surface area contributed by atoms with E-state index in [4.69, 9.17) is 4.74 Å². The van der Waals surface area contributed by atoms with Gasteiger partial charge < -0.3 is 14.5 Å². The average Bonchev–Trinajstić information content (AvgIpc) is 2.75. The second-order valence-corrected chi connectivity index (χ2v) is 7.60. The molecule has 0 saturated carbocycles. The summed E-state index contributed by atoms with van der Waals surface area (Å²) in [6.07, 6.45) is -4.28. The van der Waals surface area contributed by atoms with Crippen LogP contribution in [-0.2, 0) is 11.0 Å². The summed E-state index contributed by atoms with van der Waals surface area (Å²) < 4.78 is 44.3. The van der Waals surface area contributed by atoms with Gasteiger partial charge in [0.15, 0.2) is 0 Å². The van der Waals surface area contributed by atoms with Crippen molar-refractivity contribution in [1.29, 1.82) is 0 Å². The zero-order valence-electron chi connectivity index (χ0n) is 17.5. The minimum absolute atomic E-state index is 0.00334. The van der Waals surface area contributed by atoms with Gasteiger partial charge in [-0.15, -0.1) is 0 Å². The Kier molecular flexibility index (Phi) is 6.87. The Bertz CT molecular complexity index is 951. The van der Waals surface area contributed by atoms with Crippen LogP contribution in [0.4, 0.5) is 13.2 Å². The molecule has 0 aliphatic carbocycles. The van der Waals surface area contributed by atoms with Crippen LogP contribution in [0.5, 0.6) is 5.75 Å². The number of carbonyl (C=O) groups excluding carboxylic acids is 2. The number of ether oxygens (including phenoxy) is 1. The number of hydrogen-bond donors (Lipinski definition) is 0. The van der Waals surface area contributed by atoms with Crippen LogP contribution in [0.3, 0.4) is 0 Å². The molecule has 2 aromatic carbocycles. The summed E-state index contributed by atoms with van der Waals surface area (Å²) in [5.41, 5.74) is 1.43. The first kappa shape index (κ1) is 22.7. The van der Waals surface area contributed by atoms with Crippen LogP contribution < -0.4 is 4.74 Å². The Morgan fingerprint density at radius 3 is 2.26 bits per heavy atom. The fourth-order valence-electron chi connectivity index (χ4n) is 3.39. The summed E-state index contributed by atoms with van der Waals surface area (Å²) in [4.78, 5) is 28.1. The highest BCUT2D eigenvalue weighted by atomic mass is 19.4. The van der Waals surface area contributed by atoms with Crippen molar-refractivity contribution in [1.82, 2.24) is 9.80 Å². The fourth-order valence-corrected chi connectivity index (χ4v) is 3.39. The van der Waals surface area contributed by atoms with Crippen molar-refractivity contribution in [3.05, 3.63) is 64.7 Å². The average molecular weight is 434 g/mol. The molecule has 1 saturated heterocycles. The molecule has 0 spiro atoms. The van der Waals surface area contributed by atoms with Gasteiger partial charge in [-0.3, -0.25) is 9.59 Å². The van der Waals surface area contributed by atoms with Crippen LogP contribution in [0.25, 0.3) is 0 Å². The lowest BCUT2D eigenvalue weighted by molar-refractivity contribution is -0.137. The number of piperazine rings is 1. The van der Waals surface area contributed by atoms with Crippen molar-refractivity contribution in [3.63, 3.8) is 0 Å². The summed E-state index contributed by atoms with van der Waals surface area (Å²) in [5.74, 6) is 0.179. The number of rotatable bonds is 5. The highest BCUT2D eigenvalue weighted by molar-refractivity contribution is 5.94. The second kappa shape index (κ2) is 9.41. The molecule has 0 N–H and O–H groups in total.